The van der Waals surface area contributed by atoms with Gasteiger partial charge in [-0.1, -0.05) is 20.3 Å². The van der Waals surface area contributed by atoms with Crippen LogP contribution in [0.4, 0.5) is 0 Å². The minimum atomic E-state index is 0.455. The number of hydrogen-bond acceptors (Lipinski definition) is 4. The summed E-state index contributed by atoms with van der Waals surface area (Å²) in [4.78, 5) is 0. The summed E-state index contributed by atoms with van der Waals surface area (Å²) >= 11 is 0. The largest absolute Gasteiger partial charge is 0.316 e. The molecule has 2 heterocycles. The van der Waals surface area contributed by atoms with Crippen molar-refractivity contribution in [3.63, 3.8) is 0 Å². The van der Waals surface area contributed by atoms with Gasteiger partial charge in [0.15, 0.2) is 0 Å². The van der Waals surface area contributed by atoms with Crippen LogP contribution < -0.4 is 5.32 Å². The fraction of sp³-hybridized carbons (Fsp3) is 0.889. The summed E-state index contributed by atoms with van der Waals surface area (Å²) < 4.78 is 1.92. The second kappa shape index (κ2) is 4.04. The molecule has 1 aliphatic rings. The van der Waals surface area contributed by atoms with Crippen molar-refractivity contribution >= 4 is 0 Å². The van der Waals surface area contributed by atoms with Crippen molar-refractivity contribution in [2.75, 3.05) is 13.1 Å². The molecule has 5 nitrogen and oxygen atoms in total. The first-order valence-electron chi connectivity index (χ1n) is 5.26. The molecule has 0 amide bonds. The van der Waals surface area contributed by atoms with Crippen LogP contribution in [0.15, 0.2) is 6.33 Å². The van der Waals surface area contributed by atoms with E-state index < -0.39 is 0 Å². The van der Waals surface area contributed by atoms with Crippen molar-refractivity contribution in [3.8, 4) is 0 Å². The van der Waals surface area contributed by atoms with Crippen molar-refractivity contribution in [3.05, 3.63) is 6.33 Å². The fourth-order valence-electron chi connectivity index (χ4n) is 2.37. The lowest BCUT2D eigenvalue weighted by atomic mass is 9.84. The molecule has 0 radical (unpaired) electrons. The van der Waals surface area contributed by atoms with Gasteiger partial charge in [-0.25, -0.2) is 4.68 Å². The number of tetrazole rings is 1. The Morgan fingerprint density at radius 1 is 1.50 bits per heavy atom. The first-order valence-corrected chi connectivity index (χ1v) is 5.26. The van der Waals surface area contributed by atoms with Gasteiger partial charge in [0.25, 0.3) is 0 Å². The number of hydrogen-bond donors (Lipinski definition) is 1. The van der Waals surface area contributed by atoms with Gasteiger partial charge in [0.1, 0.15) is 6.33 Å². The second-order valence-electron chi connectivity index (χ2n) is 4.08. The summed E-state index contributed by atoms with van der Waals surface area (Å²) in [6.45, 7) is 6.61. The van der Waals surface area contributed by atoms with E-state index in [1.54, 1.807) is 6.33 Å². The van der Waals surface area contributed by atoms with Gasteiger partial charge in [-0.15, -0.1) is 5.10 Å². The lowest BCUT2D eigenvalue weighted by molar-refractivity contribution is 0.166. The molecule has 1 aromatic heterocycles. The molecule has 78 valence electrons. The Labute approximate surface area is 83.9 Å². The molecule has 0 spiro atoms. The minimum absolute atomic E-state index is 0.455. The molecule has 0 bridgehead atoms. The molecule has 3 atom stereocenters. The lowest BCUT2D eigenvalue weighted by Crippen LogP contribution is -2.43. The summed E-state index contributed by atoms with van der Waals surface area (Å²) in [5, 5.41) is 14.9. The van der Waals surface area contributed by atoms with Crippen molar-refractivity contribution < 1.29 is 0 Å². The quantitative estimate of drug-likeness (QED) is 0.745. The number of nitrogens with zero attached hydrogens (tertiary/aromatic N) is 4. The van der Waals surface area contributed by atoms with Gasteiger partial charge in [0.2, 0.25) is 0 Å². The second-order valence-corrected chi connectivity index (χ2v) is 4.08. The highest BCUT2D eigenvalue weighted by atomic mass is 15.5. The van der Waals surface area contributed by atoms with Gasteiger partial charge < -0.3 is 5.32 Å². The van der Waals surface area contributed by atoms with Crippen LogP contribution in [0, 0.1) is 11.8 Å². The molecule has 3 unspecified atom stereocenters. The summed E-state index contributed by atoms with van der Waals surface area (Å²) in [6.07, 6.45) is 2.90. The van der Waals surface area contributed by atoms with E-state index in [2.05, 4.69) is 34.7 Å². The van der Waals surface area contributed by atoms with Gasteiger partial charge in [-0.05, 0) is 28.8 Å². The summed E-state index contributed by atoms with van der Waals surface area (Å²) in [5.74, 6) is 1.24. The van der Waals surface area contributed by atoms with Crippen molar-refractivity contribution in [1.82, 2.24) is 25.5 Å². The average molecular weight is 195 g/mol. The minimum Gasteiger partial charge on any atom is -0.316 e. The van der Waals surface area contributed by atoms with Crippen LogP contribution in [0.3, 0.4) is 0 Å². The van der Waals surface area contributed by atoms with E-state index in [0.29, 0.717) is 17.9 Å². The first-order chi connectivity index (χ1) is 6.83. The van der Waals surface area contributed by atoms with Crippen LogP contribution in [0.1, 0.15) is 26.3 Å². The topological polar surface area (TPSA) is 55.6 Å². The molecule has 1 aromatic rings. The molecule has 5 heteroatoms. The third-order valence-electron chi connectivity index (χ3n) is 3.13. The summed E-state index contributed by atoms with van der Waals surface area (Å²) in [6, 6.07) is 0.455. The zero-order valence-electron chi connectivity index (χ0n) is 8.72. The third-order valence-corrected chi connectivity index (χ3v) is 3.13. The van der Waals surface area contributed by atoms with Crippen LogP contribution in [0.25, 0.3) is 0 Å². The molecule has 14 heavy (non-hydrogen) atoms. The highest BCUT2D eigenvalue weighted by Gasteiger charge is 2.31. The van der Waals surface area contributed by atoms with Crippen LogP contribution >= 0.6 is 0 Å². The van der Waals surface area contributed by atoms with Crippen LogP contribution in [-0.2, 0) is 0 Å². The molecule has 0 aliphatic carbocycles. The predicted molar refractivity (Wildman–Crippen MR) is 52.7 cm³/mol. The molecule has 0 aromatic carbocycles. The smallest absolute Gasteiger partial charge is 0.138 e. The van der Waals surface area contributed by atoms with Gasteiger partial charge in [0, 0.05) is 6.54 Å². The Hall–Kier alpha value is -0.970. The SMILES string of the molecule is CCC1CNCC(C)C1n1cnnn1. The molecular weight excluding hydrogens is 178 g/mol. The monoisotopic (exact) mass is 195 g/mol. The predicted octanol–water partition coefficient (Wildman–Crippen LogP) is 0.480. The average Bonchev–Trinajstić information content (AvgIpc) is 2.70. The van der Waals surface area contributed by atoms with Gasteiger partial charge in [-0.2, -0.15) is 0 Å². The van der Waals surface area contributed by atoms with Gasteiger partial charge in [0.05, 0.1) is 6.04 Å². The zero-order valence-corrected chi connectivity index (χ0v) is 8.72. The van der Waals surface area contributed by atoms with E-state index in [1.807, 2.05) is 4.68 Å². The Kier molecular flexibility index (Phi) is 2.77. The zero-order chi connectivity index (χ0) is 9.97. The van der Waals surface area contributed by atoms with E-state index in [1.165, 1.54) is 6.42 Å². The molecule has 0 saturated carbocycles. The Morgan fingerprint density at radius 3 is 3.00 bits per heavy atom. The Morgan fingerprint density at radius 2 is 2.36 bits per heavy atom. The van der Waals surface area contributed by atoms with Crippen LogP contribution in [-0.4, -0.2) is 33.3 Å². The van der Waals surface area contributed by atoms with Crippen molar-refractivity contribution in [1.29, 1.82) is 0 Å². The van der Waals surface area contributed by atoms with Crippen molar-refractivity contribution in [2.45, 2.75) is 26.3 Å². The number of piperidine rings is 1. The van der Waals surface area contributed by atoms with E-state index in [4.69, 9.17) is 0 Å². The Balaban J connectivity index is 2.19. The maximum absolute atomic E-state index is 4.02. The maximum Gasteiger partial charge on any atom is 0.138 e. The highest BCUT2D eigenvalue weighted by Crippen LogP contribution is 2.30. The van der Waals surface area contributed by atoms with E-state index in [0.717, 1.165) is 13.1 Å². The first kappa shape index (κ1) is 9.58. The highest BCUT2D eigenvalue weighted by molar-refractivity contribution is 4.85. The molecule has 1 saturated heterocycles. The van der Waals surface area contributed by atoms with Crippen LogP contribution in [0.2, 0.25) is 0 Å². The number of aromatic nitrogens is 4. The standard InChI is InChI=1S/C9H17N5/c1-3-8-5-10-4-7(2)9(8)14-6-11-12-13-14/h6-10H,3-5H2,1-2H3. The van der Waals surface area contributed by atoms with Crippen LogP contribution in [0.5, 0.6) is 0 Å². The van der Waals surface area contributed by atoms with Gasteiger partial charge >= 0.3 is 0 Å². The normalized spacial score (nSPS) is 33.1. The molecule has 1 fully saturated rings. The fourth-order valence-corrected chi connectivity index (χ4v) is 2.37. The number of rotatable bonds is 2. The maximum atomic E-state index is 4.02. The number of nitrogens with one attached hydrogen (secondary N) is 1. The van der Waals surface area contributed by atoms with Crippen molar-refractivity contribution in [2.24, 2.45) is 11.8 Å². The van der Waals surface area contributed by atoms with E-state index in [9.17, 15) is 0 Å². The Bertz CT molecular complexity index is 271. The molecular formula is C9H17N5. The summed E-state index contributed by atoms with van der Waals surface area (Å²) in [7, 11) is 0. The van der Waals surface area contributed by atoms with E-state index >= 15 is 0 Å². The third kappa shape index (κ3) is 1.64. The molecule has 1 aliphatic heterocycles. The summed E-state index contributed by atoms with van der Waals surface area (Å²) in [5.41, 5.74) is 0. The lowest BCUT2D eigenvalue weighted by Gasteiger charge is -2.36. The van der Waals surface area contributed by atoms with Gasteiger partial charge in [-0.3, -0.25) is 0 Å². The molecule has 1 N–H and O–H groups in total. The molecule has 2 rings (SSSR count). The van der Waals surface area contributed by atoms with E-state index in [-0.39, 0.29) is 0 Å².